The van der Waals surface area contributed by atoms with Gasteiger partial charge in [-0.2, -0.15) is 0 Å². The molecule has 0 unspecified atom stereocenters. The van der Waals surface area contributed by atoms with Crippen LogP contribution in [0.25, 0.3) is 0 Å². The zero-order valence-corrected chi connectivity index (χ0v) is 69.3. The molecule has 0 saturated carbocycles. The highest BCUT2D eigenvalue weighted by Crippen LogP contribution is 2.27. The fraction of sp³-hybridized carbons (Fsp3) is 0.556. The zero-order chi connectivity index (χ0) is 89.9. The predicted octanol–water partition coefficient (Wildman–Crippen LogP) is -2.96. The normalized spacial score (nSPS) is 16.7. The number of benzene rings is 3. The van der Waals surface area contributed by atoms with Gasteiger partial charge in [-0.05, 0) is 125 Å². The minimum Gasteiger partial charge on any atom is -0.508 e. The average Bonchev–Trinajstić information content (AvgIpc) is 1.66. The molecule has 0 aromatic heterocycles. The first-order chi connectivity index (χ1) is 57.2. The van der Waals surface area contributed by atoms with Crippen LogP contribution in [-0.4, -0.2) is 259 Å². The van der Waals surface area contributed by atoms with E-state index in [1.165, 1.54) is 41.0 Å². The summed E-state index contributed by atoms with van der Waals surface area (Å²) >= 11 is 0. The molecule has 0 aliphatic carbocycles. The van der Waals surface area contributed by atoms with Gasteiger partial charge in [-0.15, -0.1) is 0 Å². The summed E-state index contributed by atoms with van der Waals surface area (Å²) in [6, 6.07) is 0.986. The molecule has 2 saturated heterocycles. The number of aliphatic hydroxyl groups is 1. The lowest BCUT2D eigenvalue weighted by molar-refractivity contribution is -0.148. The Morgan fingerprint density at radius 2 is 0.826 bits per heavy atom. The molecule has 2 fully saturated rings. The number of carbonyl (C=O) groups is 17. The maximum absolute atomic E-state index is 15.0. The summed E-state index contributed by atoms with van der Waals surface area (Å²) in [5.41, 5.74) is 12.3. The molecule has 14 atom stereocenters. The van der Waals surface area contributed by atoms with Crippen LogP contribution >= 0.6 is 0 Å². The molecule has 2 heterocycles. The number of hydrogen-bond donors (Lipinski definition) is 21. The number of rotatable bonds is 49. The molecular weight excluding hydrogens is 1580 g/mol. The van der Waals surface area contributed by atoms with E-state index >= 15 is 4.79 Å². The van der Waals surface area contributed by atoms with Crippen molar-refractivity contribution < 1.29 is 107 Å². The zero-order valence-electron chi connectivity index (χ0n) is 69.3. The van der Waals surface area contributed by atoms with E-state index in [4.69, 9.17) is 16.9 Å². The molecule has 40 nitrogen and oxygen atoms in total. The number of nitrogens with zero attached hydrogens (tertiary/aromatic N) is 2. The van der Waals surface area contributed by atoms with E-state index in [-0.39, 0.29) is 119 Å². The van der Waals surface area contributed by atoms with Crippen molar-refractivity contribution in [1.29, 1.82) is 5.41 Å². The summed E-state index contributed by atoms with van der Waals surface area (Å²) in [7, 11) is 0. The van der Waals surface area contributed by atoms with Crippen LogP contribution in [0, 0.1) is 23.2 Å². The van der Waals surface area contributed by atoms with E-state index in [9.17, 15) is 102 Å². The minimum atomic E-state index is -1.94. The molecule has 0 spiro atoms. The van der Waals surface area contributed by atoms with Crippen molar-refractivity contribution in [3.63, 3.8) is 0 Å². The number of amides is 14. The Hall–Kier alpha value is -12.4. The van der Waals surface area contributed by atoms with Gasteiger partial charge in [0.15, 0.2) is 5.96 Å². The van der Waals surface area contributed by atoms with Gasteiger partial charge in [0, 0.05) is 45.3 Å². The van der Waals surface area contributed by atoms with Gasteiger partial charge in [0.2, 0.25) is 82.7 Å². The third-order valence-electron chi connectivity index (χ3n) is 19.9. The number of hydrogen-bond acceptors (Lipinski definition) is 21. The number of carboxylic acid groups (broad SMARTS) is 3. The van der Waals surface area contributed by atoms with E-state index < -0.39 is 223 Å². The monoisotopic (exact) mass is 1690 g/mol. The molecule has 2 aliphatic rings. The average molecular weight is 1700 g/mol. The lowest BCUT2D eigenvalue weighted by atomic mass is 9.98. The number of nitrogens with one attached hydrogen (secondary N) is 14. The summed E-state index contributed by atoms with van der Waals surface area (Å²) in [5, 5.41) is 90.0. The van der Waals surface area contributed by atoms with Crippen LogP contribution in [0.4, 0.5) is 0 Å². The topological polar surface area (TPSA) is 630 Å². The molecule has 0 radical (unpaired) electrons. The van der Waals surface area contributed by atoms with Crippen molar-refractivity contribution >= 4 is 107 Å². The number of carbonyl (C=O) groups excluding carboxylic acids is 14. The lowest BCUT2D eigenvalue weighted by Gasteiger charge is -2.33. The maximum atomic E-state index is 15.0. The Labute approximate surface area is 700 Å². The van der Waals surface area contributed by atoms with Gasteiger partial charge in [0.1, 0.15) is 90.3 Å². The molecule has 23 N–H and O–H groups in total. The number of phenolic OH excluding ortho intramolecular Hbond substituents is 1. The fourth-order valence-electron chi connectivity index (χ4n) is 13.7. The van der Waals surface area contributed by atoms with Crippen LogP contribution in [0.15, 0.2) is 84.9 Å². The first kappa shape index (κ1) is 99.2. The Bertz CT molecular complexity index is 4100. The van der Waals surface area contributed by atoms with E-state index in [2.05, 4.69) is 69.1 Å². The molecule has 664 valence electrons. The Morgan fingerprint density at radius 1 is 0.438 bits per heavy atom. The quantitative estimate of drug-likeness (QED) is 0.0153. The van der Waals surface area contributed by atoms with Gasteiger partial charge in [-0.25, -0.2) is 4.79 Å². The van der Waals surface area contributed by atoms with E-state index in [1.807, 2.05) is 13.8 Å². The molecular formula is C81H118N18O22. The largest absolute Gasteiger partial charge is 0.508 e. The van der Waals surface area contributed by atoms with E-state index in [0.717, 1.165) is 6.92 Å². The standard InChI is InChI=1S/C81H118N18O22/c1-43(2)34-54(88-64(102)41-82)70(110)87-47(8)78(118)99-33-17-24-63(99)79(119)98-32-16-23-62(98)77(117)96-60(40-66(105)106)76(116)94-57(39-50-25-27-51(101)28-26-50)71(111)86-46(7)67(107)89-53(29-30-65(103)104)69(109)90-52(22-15-31-85-81(83)84)68(108)93-58(37-48-18-11-9-12-19-48)75(115)95-59(38-49-20-13-10-14-21-49)74(114)92-55(35-44(3)4)72(112)91-56(36-45(5)6)73(113)97-61(42-100)80(120)121/h9-14,18-21,25-28,43-47,52-63,100-101H,15-17,22-24,29-42,82H2,1-8H3,(H,86,111)(H,87,110)(H,88,102)(H,89,107)(H,90,109)(H,91,112)(H,92,114)(H,93,108)(H,94,116)(H,95,115)(H,96,117)(H,97,113)(H,103,104)(H,105,106)(H,120,121)(H4,83,84,85)/t46-,47-,52-,53-,54-,55-,56-,57-,58-,59-,60-,61-,62-,63-/m0/s1. The molecule has 5 rings (SSSR count). The third kappa shape index (κ3) is 33.4. The van der Waals surface area contributed by atoms with Crippen molar-refractivity contribution in [3.05, 3.63) is 102 Å². The highest BCUT2D eigenvalue weighted by Gasteiger charge is 2.45. The highest BCUT2D eigenvalue weighted by molar-refractivity contribution is 6.01. The molecule has 40 heteroatoms. The van der Waals surface area contributed by atoms with Crippen molar-refractivity contribution in [2.45, 2.75) is 236 Å². The van der Waals surface area contributed by atoms with Crippen LogP contribution in [0.1, 0.15) is 149 Å². The third-order valence-corrected chi connectivity index (χ3v) is 19.9. The first-order valence-corrected chi connectivity index (χ1v) is 40.3. The number of aliphatic hydroxyl groups excluding tert-OH is 1. The fourth-order valence-corrected chi connectivity index (χ4v) is 13.7. The smallest absolute Gasteiger partial charge is 0.328 e. The number of aromatic hydroxyl groups is 1. The summed E-state index contributed by atoms with van der Waals surface area (Å²) in [6.07, 6.45) is -2.64. The lowest BCUT2D eigenvalue weighted by Crippen LogP contribution is -2.61. The summed E-state index contributed by atoms with van der Waals surface area (Å²) in [4.78, 5) is 238. The number of likely N-dealkylation sites (tertiary alicyclic amines) is 2. The van der Waals surface area contributed by atoms with Crippen molar-refractivity contribution in [2.24, 2.45) is 29.2 Å². The SMILES string of the molecule is CC(C)C[C@H](NC(=O)CN)C(=O)N[C@@H](C)C(=O)N1CCC[C@H]1C(=O)N1CCC[C@H]1C(=O)N[C@@H](CC(=O)O)C(=O)N[C@@H](Cc1ccc(O)cc1)C(=O)N[C@@H](C)C(=O)N[C@@H](CCC(=O)O)C(=O)N[C@@H](CCCNC(=N)N)C(=O)N[C@@H](Cc1ccccc1)C(=O)N[C@@H](Cc1ccccc1)C(=O)N[C@@H](CC(C)C)C(=O)N[C@@H](CC(C)C)C(=O)N[C@@H](CO)C(=O)O. The molecule has 14 amide bonds. The summed E-state index contributed by atoms with van der Waals surface area (Å²) < 4.78 is 0. The molecule has 3 aromatic carbocycles. The number of guanidine groups is 1. The van der Waals surface area contributed by atoms with E-state index in [0.29, 0.717) is 17.5 Å². The minimum absolute atomic E-state index is 0.0101. The van der Waals surface area contributed by atoms with Crippen molar-refractivity contribution in [2.75, 3.05) is 32.8 Å². The first-order valence-electron chi connectivity index (χ1n) is 40.3. The molecule has 121 heavy (non-hydrogen) atoms. The van der Waals surface area contributed by atoms with Crippen LogP contribution in [-0.2, 0) is 101 Å². The van der Waals surface area contributed by atoms with Crippen LogP contribution < -0.4 is 80.6 Å². The van der Waals surface area contributed by atoms with E-state index in [1.54, 1.807) is 88.4 Å². The number of carboxylic acids is 3. The summed E-state index contributed by atoms with van der Waals surface area (Å²) in [6.45, 7) is 11.9. The summed E-state index contributed by atoms with van der Waals surface area (Å²) in [5.74, 6) is -18.6. The molecule has 3 aromatic rings. The Kier molecular flexibility index (Phi) is 40.4. The highest BCUT2D eigenvalue weighted by atomic mass is 16.4. The predicted molar refractivity (Wildman–Crippen MR) is 437 cm³/mol. The van der Waals surface area contributed by atoms with Crippen molar-refractivity contribution in [3.8, 4) is 5.75 Å². The second kappa shape index (κ2) is 49.3. The van der Waals surface area contributed by atoms with Crippen LogP contribution in [0.3, 0.4) is 0 Å². The number of phenols is 1. The second-order valence-electron chi connectivity index (χ2n) is 31.4. The van der Waals surface area contributed by atoms with Gasteiger partial charge in [-0.3, -0.25) is 82.1 Å². The Balaban J connectivity index is 1.39. The van der Waals surface area contributed by atoms with Crippen LogP contribution in [0.5, 0.6) is 5.75 Å². The van der Waals surface area contributed by atoms with Gasteiger partial charge < -0.3 is 116 Å². The number of aliphatic carboxylic acids is 3. The second-order valence-corrected chi connectivity index (χ2v) is 31.4. The Morgan fingerprint density at radius 3 is 1.28 bits per heavy atom. The molecule has 2 aliphatic heterocycles. The maximum Gasteiger partial charge on any atom is 0.328 e. The van der Waals surface area contributed by atoms with Gasteiger partial charge in [0.25, 0.3) is 0 Å². The van der Waals surface area contributed by atoms with Gasteiger partial charge in [-0.1, -0.05) is 114 Å². The van der Waals surface area contributed by atoms with Gasteiger partial charge in [0.05, 0.1) is 19.6 Å². The molecule has 0 bridgehead atoms. The number of nitrogens with two attached hydrogens (primary N) is 2. The van der Waals surface area contributed by atoms with Gasteiger partial charge >= 0.3 is 17.9 Å². The van der Waals surface area contributed by atoms with Crippen LogP contribution in [0.2, 0.25) is 0 Å². The van der Waals surface area contributed by atoms with Crippen molar-refractivity contribution in [1.82, 2.24) is 78.9 Å².